The van der Waals surface area contributed by atoms with Gasteiger partial charge in [-0.2, -0.15) is 35.1 Å². The molecule has 0 aromatic carbocycles. The first-order chi connectivity index (χ1) is 6.69. The van der Waals surface area contributed by atoms with E-state index in [0.717, 1.165) is 0 Å². The zero-order valence-corrected chi connectivity index (χ0v) is 7.49. The molecule has 0 rings (SSSR count). The highest BCUT2D eigenvalue weighted by Crippen LogP contribution is 2.55. The third-order valence-corrected chi connectivity index (χ3v) is 1.68. The number of rotatable bonds is 4. The van der Waals surface area contributed by atoms with E-state index in [4.69, 9.17) is 0 Å². The summed E-state index contributed by atoms with van der Waals surface area (Å²) in [4.78, 5) is 0. The number of alkyl halides is 11. The standard InChI is InChI=1S/C5HClF10/c6-5(15,16)4(13,14)3(11,12)2(9,10)1(7)8/h1H. The van der Waals surface area contributed by atoms with E-state index in [1.807, 2.05) is 0 Å². The molecule has 0 bridgehead atoms. The largest absolute Gasteiger partial charge is 0.392 e. The predicted molar refractivity (Wildman–Crippen MR) is 31.6 cm³/mol. The number of halogens is 11. The topological polar surface area (TPSA) is 0 Å². The van der Waals surface area contributed by atoms with Crippen LogP contribution in [0.2, 0.25) is 0 Å². The van der Waals surface area contributed by atoms with Gasteiger partial charge in [-0.3, -0.25) is 0 Å². The molecule has 0 radical (unpaired) electrons. The van der Waals surface area contributed by atoms with Crippen molar-refractivity contribution in [2.75, 3.05) is 0 Å². The van der Waals surface area contributed by atoms with E-state index >= 15 is 0 Å². The Morgan fingerprint density at radius 3 is 1.19 bits per heavy atom. The van der Waals surface area contributed by atoms with Gasteiger partial charge in [-0.25, -0.2) is 8.78 Å². The quantitative estimate of drug-likeness (QED) is 0.541. The molecule has 0 unspecified atom stereocenters. The monoisotopic (exact) mass is 286 g/mol. The first-order valence-electron chi connectivity index (χ1n) is 3.18. The number of hydrogen-bond donors (Lipinski definition) is 0. The molecule has 0 heterocycles. The van der Waals surface area contributed by atoms with Gasteiger partial charge in [-0.05, 0) is 11.6 Å². The zero-order valence-electron chi connectivity index (χ0n) is 6.73. The van der Waals surface area contributed by atoms with E-state index in [2.05, 4.69) is 11.6 Å². The molecule has 11 heteroatoms. The summed E-state index contributed by atoms with van der Waals surface area (Å²) in [5.41, 5.74) is 0. The molecule has 0 fully saturated rings. The molecule has 0 amide bonds. The van der Waals surface area contributed by atoms with Crippen molar-refractivity contribution in [3.63, 3.8) is 0 Å². The highest BCUT2D eigenvalue weighted by Gasteiger charge is 2.82. The molecule has 0 N–H and O–H groups in total. The molecule has 0 nitrogen and oxygen atoms in total. The van der Waals surface area contributed by atoms with Crippen molar-refractivity contribution in [2.24, 2.45) is 0 Å². The van der Waals surface area contributed by atoms with Crippen LogP contribution in [0.4, 0.5) is 43.9 Å². The zero-order chi connectivity index (χ0) is 13.6. The summed E-state index contributed by atoms with van der Waals surface area (Å²) in [6.45, 7) is 0. The van der Waals surface area contributed by atoms with Crippen LogP contribution >= 0.6 is 11.6 Å². The van der Waals surface area contributed by atoms with E-state index in [1.54, 1.807) is 0 Å². The van der Waals surface area contributed by atoms with Crippen molar-refractivity contribution < 1.29 is 43.9 Å². The average molecular weight is 286 g/mol. The molecule has 0 aliphatic heterocycles. The van der Waals surface area contributed by atoms with E-state index in [-0.39, 0.29) is 0 Å². The third kappa shape index (κ3) is 2.03. The summed E-state index contributed by atoms with van der Waals surface area (Å²) in [5, 5.41) is -6.10. The average Bonchev–Trinajstić information content (AvgIpc) is 2.00. The molecule has 0 aromatic rings. The van der Waals surface area contributed by atoms with Gasteiger partial charge in [0.25, 0.3) is 0 Å². The summed E-state index contributed by atoms with van der Waals surface area (Å²) in [6.07, 6.45) is -5.26. The maximum atomic E-state index is 12.2. The second-order valence-electron chi connectivity index (χ2n) is 2.57. The van der Waals surface area contributed by atoms with Gasteiger partial charge in [0.05, 0.1) is 0 Å². The summed E-state index contributed by atoms with van der Waals surface area (Å²) in [7, 11) is 0. The Morgan fingerprint density at radius 2 is 1.00 bits per heavy atom. The van der Waals surface area contributed by atoms with Crippen LogP contribution in [-0.2, 0) is 0 Å². The first kappa shape index (κ1) is 15.6. The maximum absolute atomic E-state index is 12.2. The first-order valence-corrected chi connectivity index (χ1v) is 3.55. The fraction of sp³-hybridized carbons (Fsp3) is 1.00. The Balaban J connectivity index is 5.53. The molecule has 0 atom stereocenters. The molecule has 98 valence electrons. The molecule has 0 spiro atoms. The Hall–Kier alpha value is -0.410. The Morgan fingerprint density at radius 1 is 0.688 bits per heavy atom. The van der Waals surface area contributed by atoms with Crippen molar-refractivity contribution in [2.45, 2.75) is 29.6 Å². The van der Waals surface area contributed by atoms with Gasteiger partial charge in [-0.1, -0.05) is 0 Å². The lowest BCUT2D eigenvalue weighted by atomic mass is 10.1. The van der Waals surface area contributed by atoms with E-state index in [9.17, 15) is 43.9 Å². The SMILES string of the molecule is FC(F)C(F)(F)C(F)(F)C(F)(F)C(F)(F)Cl. The van der Waals surface area contributed by atoms with Crippen LogP contribution < -0.4 is 0 Å². The highest BCUT2D eigenvalue weighted by atomic mass is 35.5. The summed E-state index contributed by atoms with van der Waals surface area (Å²) in [5.74, 6) is -20.5. The third-order valence-electron chi connectivity index (χ3n) is 1.44. The van der Waals surface area contributed by atoms with Crippen molar-refractivity contribution in [3.05, 3.63) is 0 Å². The van der Waals surface area contributed by atoms with Gasteiger partial charge in [0.15, 0.2) is 0 Å². The fourth-order valence-electron chi connectivity index (χ4n) is 0.524. The Kier molecular flexibility index (Phi) is 3.71. The van der Waals surface area contributed by atoms with Crippen molar-refractivity contribution >= 4 is 11.6 Å². The Bertz CT molecular complexity index is 252. The lowest BCUT2D eigenvalue weighted by molar-refractivity contribution is -0.368. The van der Waals surface area contributed by atoms with E-state index < -0.39 is 29.6 Å². The van der Waals surface area contributed by atoms with Crippen molar-refractivity contribution in [3.8, 4) is 0 Å². The van der Waals surface area contributed by atoms with Gasteiger partial charge in [0.1, 0.15) is 0 Å². The predicted octanol–water partition coefficient (Wildman–Crippen LogP) is 3.99. The lowest BCUT2D eigenvalue weighted by Gasteiger charge is -2.33. The molecule has 16 heavy (non-hydrogen) atoms. The normalized spacial score (nSPS) is 15.8. The van der Waals surface area contributed by atoms with Crippen LogP contribution in [0.15, 0.2) is 0 Å². The second-order valence-corrected chi connectivity index (χ2v) is 3.04. The molecular weight excluding hydrogens is 285 g/mol. The minimum atomic E-state index is -7.00. The summed E-state index contributed by atoms with van der Waals surface area (Å²) in [6, 6.07) is 0. The summed E-state index contributed by atoms with van der Waals surface area (Å²) >= 11 is 3.48. The van der Waals surface area contributed by atoms with E-state index in [0.29, 0.717) is 0 Å². The minimum Gasteiger partial charge on any atom is -0.203 e. The number of hydrogen-bond acceptors (Lipinski definition) is 0. The molecule has 0 aliphatic rings. The van der Waals surface area contributed by atoms with Crippen LogP contribution in [-0.4, -0.2) is 29.6 Å². The highest BCUT2D eigenvalue weighted by molar-refractivity contribution is 6.22. The van der Waals surface area contributed by atoms with Crippen LogP contribution in [0.1, 0.15) is 0 Å². The molecular formula is C5HClF10. The van der Waals surface area contributed by atoms with Crippen LogP contribution in [0.3, 0.4) is 0 Å². The maximum Gasteiger partial charge on any atom is 0.392 e. The lowest BCUT2D eigenvalue weighted by Crippen LogP contribution is -2.62. The van der Waals surface area contributed by atoms with Crippen LogP contribution in [0, 0.1) is 0 Å². The van der Waals surface area contributed by atoms with Gasteiger partial charge in [0, 0.05) is 0 Å². The Labute approximate surface area is 86.2 Å². The van der Waals surface area contributed by atoms with Gasteiger partial charge < -0.3 is 0 Å². The van der Waals surface area contributed by atoms with Crippen LogP contribution in [0.25, 0.3) is 0 Å². The second kappa shape index (κ2) is 3.81. The molecule has 0 aliphatic carbocycles. The molecule has 0 saturated heterocycles. The molecule has 0 aromatic heterocycles. The van der Waals surface area contributed by atoms with Gasteiger partial charge in [-0.15, -0.1) is 0 Å². The van der Waals surface area contributed by atoms with Gasteiger partial charge >= 0.3 is 29.6 Å². The van der Waals surface area contributed by atoms with E-state index in [1.165, 1.54) is 0 Å². The fourth-order valence-corrected chi connectivity index (χ4v) is 0.643. The van der Waals surface area contributed by atoms with Gasteiger partial charge in [0.2, 0.25) is 0 Å². The minimum absolute atomic E-state index is 3.48. The van der Waals surface area contributed by atoms with Crippen molar-refractivity contribution in [1.29, 1.82) is 0 Å². The summed E-state index contributed by atoms with van der Waals surface area (Å²) < 4.78 is 119. The smallest absolute Gasteiger partial charge is 0.203 e. The van der Waals surface area contributed by atoms with Crippen LogP contribution in [0.5, 0.6) is 0 Å². The molecule has 0 saturated carbocycles. The van der Waals surface area contributed by atoms with Crippen molar-refractivity contribution in [1.82, 2.24) is 0 Å².